The van der Waals surface area contributed by atoms with E-state index in [4.69, 9.17) is 5.73 Å². The second-order valence-corrected chi connectivity index (χ2v) is 4.89. The van der Waals surface area contributed by atoms with E-state index in [0.29, 0.717) is 18.0 Å². The molecule has 0 aromatic heterocycles. The minimum atomic E-state index is 0.269. The zero-order valence-electron chi connectivity index (χ0n) is 8.96. The van der Waals surface area contributed by atoms with Crippen LogP contribution in [0.3, 0.4) is 0 Å². The molecule has 0 bridgehead atoms. The second kappa shape index (κ2) is 3.00. The third kappa shape index (κ3) is 1.50. The summed E-state index contributed by atoms with van der Waals surface area (Å²) in [6, 6.07) is 0.968. The van der Waals surface area contributed by atoms with Gasteiger partial charge in [0.05, 0.1) is 0 Å². The molecule has 72 valence electrons. The third-order valence-corrected chi connectivity index (χ3v) is 3.74. The quantitative estimate of drug-likeness (QED) is 0.596. The van der Waals surface area contributed by atoms with Crippen LogP contribution in [-0.2, 0) is 0 Å². The average molecular weight is 170 g/mol. The van der Waals surface area contributed by atoms with Crippen molar-refractivity contribution in [2.24, 2.45) is 11.7 Å². The lowest BCUT2D eigenvalue weighted by molar-refractivity contribution is 0.0135. The van der Waals surface area contributed by atoms with Crippen molar-refractivity contribution in [3.05, 3.63) is 0 Å². The van der Waals surface area contributed by atoms with E-state index in [1.165, 1.54) is 0 Å². The van der Waals surface area contributed by atoms with Crippen LogP contribution in [0.5, 0.6) is 0 Å². The predicted octanol–water partition coefficient (Wildman–Crippen LogP) is 1.45. The molecule has 0 aromatic rings. The lowest BCUT2D eigenvalue weighted by atomic mass is 9.78. The van der Waals surface area contributed by atoms with E-state index in [9.17, 15) is 0 Å². The molecule has 0 aromatic carbocycles. The van der Waals surface area contributed by atoms with Gasteiger partial charge >= 0.3 is 0 Å². The maximum Gasteiger partial charge on any atom is 0.0167 e. The van der Waals surface area contributed by atoms with Crippen LogP contribution in [0, 0.1) is 5.92 Å². The monoisotopic (exact) mass is 170 g/mol. The number of nitrogens with zero attached hydrogens (tertiary/aromatic N) is 1. The Morgan fingerprint density at radius 3 is 2.33 bits per heavy atom. The van der Waals surface area contributed by atoms with Crippen molar-refractivity contribution in [1.82, 2.24) is 4.90 Å². The fourth-order valence-corrected chi connectivity index (χ4v) is 2.17. The van der Waals surface area contributed by atoms with Gasteiger partial charge in [0.15, 0.2) is 0 Å². The Balaban J connectivity index is 2.78. The molecule has 0 aliphatic carbocycles. The molecule has 1 aliphatic rings. The van der Waals surface area contributed by atoms with Gasteiger partial charge in [-0.3, -0.25) is 4.90 Å². The van der Waals surface area contributed by atoms with Crippen LogP contribution >= 0.6 is 0 Å². The fraction of sp³-hybridized carbons (Fsp3) is 1.00. The Morgan fingerprint density at radius 1 is 1.33 bits per heavy atom. The summed E-state index contributed by atoms with van der Waals surface area (Å²) < 4.78 is 0. The number of nitrogens with two attached hydrogens (primary N) is 1. The zero-order chi connectivity index (χ0) is 9.52. The highest BCUT2D eigenvalue weighted by molar-refractivity contribution is 4.96. The first kappa shape index (κ1) is 10.0. The fourth-order valence-electron chi connectivity index (χ4n) is 2.17. The van der Waals surface area contributed by atoms with Crippen LogP contribution < -0.4 is 5.73 Å². The molecule has 12 heavy (non-hydrogen) atoms. The SMILES string of the molecule is CC1C(N)CC(C)(C)N(C)C1C. The number of rotatable bonds is 0. The lowest BCUT2D eigenvalue weighted by Crippen LogP contribution is -2.59. The molecule has 3 atom stereocenters. The largest absolute Gasteiger partial charge is 0.327 e. The molecule has 0 amide bonds. The highest BCUT2D eigenvalue weighted by atomic mass is 15.2. The molecular weight excluding hydrogens is 148 g/mol. The van der Waals surface area contributed by atoms with Gasteiger partial charge < -0.3 is 5.73 Å². The van der Waals surface area contributed by atoms with Crippen molar-refractivity contribution in [3.63, 3.8) is 0 Å². The molecule has 1 heterocycles. The molecule has 2 heteroatoms. The lowest BCUT2D eigenvalue weighted by Gasteiger charge is -2.50. The van der Waals surface area contributed by atoms with E-state index < -0.39 is 0 Å². The van der Waals surface area contributed by atoms with Crippen molar-refractivity contribution >= 4 is 0 Å². The Hall–Kier alpha value is -0.0800. The summed E-state index contributed by atoms with van der Waals surface area (Å²) in [5.41, 5.74) is 6.35. The molecule has 0 spiro atoms. The topological polar surface area (TPSA) is 29.3 Å². The van der Waals surface area contributed by atoms with Gasteiger partial charge in [0.25, 0.3) is 0 Å². The van der Waals surface area contributed by atoms with Crippen molar-refractivity contribution in [2.75, 3.05) is 7.05 Å². The van der Waals surface area contributed by atoms with Crippen molar-refractivity contribution < 1.29 is 0 Å². The summed E-state index contributed by atoms with van der Waals surface area (Å²) in [6.45, 7) is 9.07. The standard InChI is InChI=1S/C10H22N2/c1-7-8(2)12(5)10(3,4)6-9(7)11/h7-9H,6,11H2,1-5H3. The molecule has 1 aliphatic heterocycles. The van der Waals surface area contributed by atoms with E-state index in [1.807, 2.05) is 0 Å². The van der Waals surface area contributed by atoms with Crippen molar-refractivity contribution in [3.8, 4) is 0 Å². The molecule has 1 saturated heterocycles. The first-order valence-electron chi connectivity index (χ1n) is 4.85. The second-order valence-electron chi connectivity index (χ2n) is 4.89. The molecule has 0 radical (unpaired) electrons. The number of likely N-dealkylation sites (tertiary alicyclic amines) is 1. The maximum absolute atomic E-state index is 6.08. The summed E-state index contributed by atoms with van der Waals surface area (Å²) >= 11 is 0. The molecule has 1 rings (SSSR count). The van der Waals surface area contributed by atoms with E-state index in [0.717, 1.165) is 6.42 Å². The van der Waals surface area contributed by atoms with Gasteiger partial charge in [0.1, 0.15) is 0 Å². The van der Waals surface area contributed by atoms with Crippen molar-refractivity contribution in [2.45, 2.75) is 51.7 Å². The van der Waals surface area contributed by atoms with Gasteiger partial charge in [-0.15, -0.1) is 0 Å². The van der Waals surface area contributed by atoms with Crippen LogP contribution in [0.25, 0.3) is 0 Å². The zero-order valence-corrected chi connectivity index (χ0v) is 8.96. The molecule has 0 saturated carbocycles. The average Bonchev–Trinajstić information content (AvgIpc) is 1.97. The number of hydrogen-bond acceptors (Lipinski definition) is 2. The Labute approximate surface area is 76.1 Å². The summed E-state index contributed by atoms with van der Waals surface area (Å²) in [6.07, 6.45) is 1.11. The van der Waals surface area contributed by atoms with Crippen LogP contribution in [0.2, 0.25) is 0 Å². The highest BCUT2D eigenvalue weighted by Crippen LogP contribution is 2.32. The third-order valence-electron chi connectivity index (χ3n) is 3.74. The summed E-state index contributed by atoms with van der Waals surface area (Å²) in [5, 5.41) is 0. The smallest absolute Gasteiger partial charge is 0.0167 e. The van der Waals surface area contributed by atoms with Gasteiger partial charge in [-0.25, -0.2) is 0 Å². The maximum atomic E-state index is 6.08. The van der Waals surface area contributed by atoms with Crippen molar-refractivity contribution in [1.29, 1.82) is 0 Å². The molecular formula is C10H22N2. The van der Waals surface area contributed by atoms with Gasteiger partial charge in [-0.1, -0.05) is 6.92 Å². The molecule has 1 fully saturated rings. The molecule has 2 N–H and O–H groups in total. The van der Waals surface area contributed by atoms with Crippen LogP contribution in [0.15, 0.2) is 0 Å². The Morgan fingerprint density at radius 2 is 1.83 bits per heavy atom. The van der Waals surface area contributed by atoms with E-state index in [1.54, 1.807) is 0 Å². The van der Waals surface area contributed by atoms with Crippen LogP contribution in [-0.4, -0.2) is 29.6 Å². The van der Waals surface area contributed by atoms with Gasteiger partial charge in [0, 0.05) is 17.6 Å². The normalized spacial score (nSPS) is 43.0. The number of piperidine rings is 1. The summed E-state index contributed by atoms with van der Waals surface area (Å²) in [7, 11) is 2.20. The summed E-state index contributed by atoms with van der Waals surface area (Å²) in [5.74, 6) is 0.614. The Kier molecular flexibility index (Phi) is 2.50. The van der Waals surface area contributed by atoms with E-state index >= 15 is 0 Å². The first-order chi connectivity index (χ1) is 5.36. The minimum absolute atomic E-state index is 0.269. The minimum Gasteiger partial charge on any atom is -0.327 e. The van der Waals surface area contributed by atoms with Crippen LogP contribution in [0.1, 0.15) is 34.1 Å². The van der Waals surface area contributed by atoms with E-state index in [-0.39, 0.29) is 5.54 Å². The van der Waals surface area contributed by atoms with Gasteiger partial charge in [-0.05, 0) is 40.2 Å². The number of hydrogen-bond donors (Lipinski definition) is 1. The molecule has 3 unspecified atom stereocenters. The molecule has 2 nitrogen and oxygen atoms in total. The summed E-state index contributed by atoms with van der Waals surface area (Å²) in [4.78, 5) is 2.45. The van der Waals surface area contributed by atoms with Gasteiger partial charge in [0.2, 0.25) is 0 Å². The highest BCUT2D eigenvalue weighted by Gasteiger charge is 2.39. The van der Waals surface area contributed by atoms with Gasteiger partial charge in [-0.2, -0.15) is 0 Å². The Bertz CT molecular complexity index is 165. The van der Waals surface area contributed by atoms with E-state index in [2.05, 4.69) is 39.6 Å². The van der Waals surface area contributed by atoms with Crippen LogP contribution in [0.4, 0.5) is 0 Å². The first-order valence-corrected chi connectivity index (χ1v) is 4.85. The predicted molar refractivity (Wildman–Crippen MR) is 53.1 cm³/mol.